The van der Waals surface area contributed by atoms with E-state index < -0.39 is 0 Å². The van der Waals surface area contributed by atoms with Crippen LogP contribution in [0.4, 0.5) is 0 Å². The van der Waals surface area contributed by atoms with Crippen molar-refractivity contribution in [2.45, 2.75) is 27.3 Å². The van der Waals surface area contributed by atoms with Crippen molar-refractivity contribution in [1.82, 2.24) is 20.5 Å². The minimum absolute atomic E-state index is 0.244. The predicted octanol–water partition coefficient (Wildman–Crippen LogP) is 1.91. The number of hydrazone groups is 1. The Morgan fingerprint density at radius 3 is 2.67 bits per heavy atom. The number of nitrogens with zero attached hydrogens (tertiary/aromatic N) is 3. The second kappa shape index (κ2) is 6.09. The van der Waals surface area contributed by atoms with E-state index in [4.69, 9.17) is 4.52 Å². The molecule has 2 aromatic rings. The maximum Gasteiger partial charge on any atom is 0.273 e. The number of aromatic nitrogens is 2. The summed E-state index contributed by atoms with van der Waals surface area (Å²) in [4.78, 5) is 17.7. The average molecular weight is 327 g/mol. The zero-order valence-corrected chi connectivity index (χ0v) is 14.5. The van der Waals surface area contributed by atoms with E-state index in [1.165, 1.54) is 5.56 Å². The number of rotatable bonds is 4. The van der Waals surface area contributed by atoms with E-state index in [0.717, 1.165) is 23.5 Å². The normalized spacial score (nSPS) is 16.2. The molecule has 2 aromatic heterocycles. The molecule has 3 rings (SSSR count). The number of nitrogens with one attached hydrogen (secondary N) is 2. The molecule has 0 atom stereocenters. The van der Waals surface area contributed by atoms with E-state index in [2.05, 4.69) is 32.5 Å². The van der Waals surface area contributed by atoms with Crippen LogP contribution in [0.2, 0.25) is 0 Å². The van der Waals surface area contributed by atoms with Gasteiger partial charge in [-0.05, 0) is 52.1 Å². The van der Waals surface area contributed by atoms with Gasteiger partial charge in [0.1, 0.15) is 17.2 Å². The van der Waals surface area contributed by atoms with E-state index in [-0.39, 0.29) is 5.91 Å². The molecule has 0 saturated heterocycles. The second-order valence-corrected chi connectivity index (χ2v) is 6.29. The van der Waals surface area contributed by atoms with E-state index in [1.807, 2.05) is 27.1 Å². The number of H-pyrrole nitrogens is 1. The molecule has 0 aliphatic carbocycles. The summed E-state index contributed by atoms with van der Waals surface area (Å²) in [6, 6.07) is 1.76. The highest BCUT2D eigenvalue weighted by atomic mass is 16.5. The quantitative estimate of drug-likeness (QED) is 0.840. The Balaban J connectivity index is 2.01. The van der Waals surface area contributed by atoms with Crippen LogP contribution in [0.15, 0.2) is 21.3 Å². The molecule has 0 spiro atoms. The summed E-state index contributed by atoms with van der Waals surface area (Å²) in [5.74, 6) is 0.429. The summed E-state index contributed by atoms with van der Waals surface area (Å²) < 4.78 is 5.09. The highest BCUT2D eigenvalue weighted by Crippen LogP contribution is 2.23. The third-order valence-corrected chi connectivity index (χ3v) is 4.03. The highest BCUT2D eigenvalue weighted by molar-refractivity contribution is 6.32. The molecule has 7 nitrogen and oxygen atoms in total. The Morgan fingerprint density at radius 2 is 2.04 bits per heavy atom. The lowest BCUT2D eigenvalue weighted by Gasteiger charge is -2.10. The monoisotopic (exact) mass is 327 g/mol. The first kappa shape index (κ1) is 16.2. The molecular weight excluding hydrogens is 306 g/mol. The van der Waals surface area contributed by atoms with Crippen molar-refractivity contribution in [3.05, 3.63) is 45.6 Å². The van der Waals surface area contributed by atoms with Gasteiger partial charge < -0.3 is 14.4 Å². The molecule has 3 heterocycles. The zero-order valence-electron chi connectivity index (χ0n) is 14.5. The van der Waals surface area contributed by atoms with Crippen LogP contribution in [0.25, 0.3) is 6.08 Å². The van der Waals surface area contributed by atoms with E-state index in [1.54, 1.807) is 13.0 Å². The van der Waals surface area contributed by atoms with Crippen molar-refractivity contribution < 1.29 is 9.32 Å². The smallest absolute Gasteiger partial charge is 0.273 e. The maximum atomic E-state index is 12.2. The molecule has 1 amide bonds. The lowest BCUT2D eigenvalue weighted by atomic mass is 10.0. The first-order valence-corrected chi connectivity index (χ1v) is 7.73. The number of carbonyl (C=O) groups excluding carboxylic acids is 1. The number of carbonyl (C=O) groups is 1. The van der Waals surface area contributed by atoms with Gasteiger partial charge in [0.15, 0.2) is 0 Å². The molecule has 1 aliphatic heterocycles. The summed E-state index contributed by atoms with van der Waals surface area (Å²) in [5, 5.41) is 8.04. The van der Waals surface area contributed by atoms with Crippen LogP contribution in [0.3, 0.4) is 0 Å². The van der Waals surface area contributed by atoms with E-state index in [0.29, 0.717) is 22.7 Å². The van der Waals surface area contributed by atoms with Gasteiger partial charge in [-0.15, -0.1) is 0 Å². The number of hydrogen-bond acceptors (Lipinski definition) is 5. The van der Waals surface area contributed by atoms with Crippen molar-refractivity contribution >= 4 is 17.7 Å². The molecule has 0 unspecified atom stereocenters. The zero-order chi connectivity index (χ0) is 17.4. The minimum atomic E-state index is -0.244. The van der Waals surface area contributed by atoms with Crippen molar-refractivity contribution in [3.8, 4) is 0 Å². The first-order chi connectivity index (χ1) is 11.4. The third kappa shape index (κ3) is 2.90. The fraction of sp³-hybridized carbons (Fsp3) is 0.353. The molecule has 7 heteroatoms. The maximum absolute atomic E-state index is 12.2. The Hall–Kier alpha value is -2.67. The van der Waals surface area contributed by atoms with E-state index >= 15 is 0 Å². The van der Waals surface area contributed by atoms with Gasteiger partial charge in [0.2, 0.25) is 0 Å². The standard InChI is InChI=1S/C17H21N5O2/c1-9-6-15(21-24-9)16-12(17(23)20-19-16)7-14-10(2)13(8-22(4)5)11(3)18-14/h6-7,18H,8H2,1-5H3,(H,20,23)/b12-7+. The summed E-state index contributed by atoms with van der Waals surface area (Å²) >= 11 is 0. The van der Waals surface area contributed by atoms with Crippen LogP contribution < -0.4 is 5.43 Å². The Bertz CT molecular complexity index is 854. The second-order valence-electron chi connectivity index (χ2n) is 6.29. The van der Waals surface area contributed by atoms with Gasteiger partial charge in [0, 0.05) is 24.0 Å². The topological polar surface area (TPSA) is 86.5 Å². The lowest BCUT2D eigenvalue weighted by Crippen LogP contribution is -2.14. The van der Waals surface area contributed by atoms with Crippen molar-refractivity contribution in [1.29, 1.82) is 0 Å². The molecular formula is C17H21N5O2. The summed E-state index contributed by atoms with van der Waals surface area (Å²) in [6.07, 6.45) is 1.83. The fourth-order valence-corrected chi connectivity index (χ4v) is 2.80. The van der Waals surface area contributed by atoms with Gasteiger partial charge in [-0.25, -0.2) is 5.43 Å². The van der Waals surface area contributed by atoms with Gasteiger partial charge in [0.25, 0.3) is 5.91 Å². The van der Waals surface area contributed by atoms with Crippen LogP contribution in [0.1, 0.15) is 34.0 Å². The average Bonchev–Trinajstić information content (AvgIpc) is 3.15. The number of aryl methyl sites for hydroxylation is 2. The molecule has 0 fully saturated rings. The van der Waals surface area contributed by atoms with Crippen LogP contribution in [-0.4, -0.2) is 40.8 Å². The molecule has 0 aromatic carbocycles. The highest BCUT2D eigenvalue weighted by Gasteiger charge is 2.27. The Labute approximate surface area is 140 Å². The molecule has 2 N–H and O–H groups in total. The first-order valence-electron chi connectivity index (χ1n) is 7.73. The van der Waals surface area contributed by atoms with Gasteiger partial charge in [-0.2, -0.15) is 5.10 Å². The van der Waals surface area contributed by atoms with Crippen LogP contribution in [0, 0.1) is 20.8 Å². The summed E-state index contributed by atoms with van der Waals surface area (Å²) in [6.45, 7) is 6.74. The number of aromatic amines is 1. The third-order valence-electron chi connectivity index (χ3n) is 4.03. The van der Waals surface area contributed by atoms with Gasteiger partial charge in [-0.1, -0.05) is 5.16 Å². The van der Waals surface area contributed by atoms with Crippen molar-refractivity contribution in [3.63, 3.8) is 0 Å². The molecule has 24 heavy (non-hydrogen) atoms. The number of amides is 1. The largest absolute Gasteiger partial charge is 0.361 e. The minimum Gasteiger partial charge on any atom is -0.361 e. The van der Waals surface area contributed by atoms with Gasteiger partial charge in [-0.3, -0.25) is 4.79 Å². The Morgan fingerprint density at radius 1 is 1.29 bits per heavy atom. The van der Waals surface area contributed by atoms with Crippen molar-refractivity contribution in [2.75, 3.05) is 14.1 Å². The summed E-state index contributed by atoms with van der Waals surface area (Å²) in [7, 11) is 4.07. The summed E-state index contributed by atoms with van der Waals surface area (Å²) in [5.41, 5.74) is 8.39. The Kier molecular flexibility index (Phi) is 4.11. The molecule has 1 aliphatic rings. The van der Waals surface area contributed by atoms with Crippen LogP contribution in [-0.2, 0) is 11.3 Å². The SMILES string of the molecule is Cc1cc(C2=NNC(=O)/C2=C/c2[nH]c(C)c(CN(C)C)c2C)no1. The van der Waals surface area contributed by atoms with Crippen LogP contribution >= 0.6 is 0 Å². The lowest BCUT2D eigenvalue weighted by molar-refractivity contribution is -0.116. The predicted molar refractivity (Wildman–Crippen MR) is 91.6 cm³/mol. The van der Waals surface area contributed by atoms with Gasteiger partial charge >= 0.3 is 0 Å². The molecule has 0 radical (unpaired) electrons. The van der Waals surface area contributed by atoms with Crippen molar-refractivity contribution in [2.24, 2.45) is 5.10 Å². The number of hydrogen-bond donors (Lipinski definition) is 2. The molecule has 0 saturated carbocycles. The molecule has 126 valence electrons. The molecule has 0 bridgehead atoms. The van der Waals surface area contributed by atoms with Gasteiger partial charge in [0.05, 0.1) is 5.57 Å². The fourth-order valence-electron chi connectivity index (χ4n) is 2.80. The van der Waals surface area contributed by atoms with Crippen LogP contribution in [0.5, 0.6) is 0 Å². The van der Waals surface area contributed by atoms with E-state index in [9.17, 15) is 4.79 Å².